The Morgan fingerprint density at radius 1 is 1.09 bits per heavy atom. The molecule has 0 atom stereocenters. The Labute approximate surface area is 152 Å². The van der Waals surface area contributed by atoms with Gasteiger partial charge in [0.1, 0.15) is 0 Å². The van der Waals surface area contributed by atoms with Crippen LogP contribution in [0, 0.1) is 5.92 Å². The molecule has 0 unspecified atom stereocenters. The van der Waals surface area contributed by atoms with Gasteiger partial charge in [-0.15, -0.1) is 0 Å². The minimum Gasteiger partial charge on any atom is -0.396 e. The third kappa shape index (κ3) is 7.91. The number of anilines is 1. The summed E-state index contributed by atoms with van der Waals surface area (Å²) in [5.41, 5.74) is 2.44. The van der Waals surface area contributed by atoms with Crippen molar-refractivity contribution in [3.8, 4) is 0 Å². The summed E-state index contributed by atoms with van der Waals surface area (Å²) < 4.78 is 0. The van der Waals surface area contributed by atoms with Crippen LogP contribution < -0.4 is 4.90 Å². The van der Waals surface area contributed by atoms with E-state index in [0.29, 0.717) is 0 Å². The molecule has 1 amide bonds. The number of hydrogen-bond acceptors (Lipinski definition) is 3. The van der Waals surface area contributed by atoms with Crippen LogP contribution in [-0.2, 0) is 29.8 Å². The molecular weight excluding hydrogens is 327 g/mol. The molecule has 23 heavy (non-hydrogen) atoms. The number of aliphatic hydroxyl groups is 1. The van der Waals surface area contributed by atoms with E-state index in [1.165, 1.54) is 11.3 Å². The molecule has 1 aromatic rings. The molecule has 5 heteroatoms. The number of benzene rings is 1. The van der Waals surface area contributed by atoms with Crippen molar-refractivity contribution in [2.75, 3.05) is 38.7 Å². The standard InChI is InChI=1S/C18H30N2O2.V/c1-15(2)18(22)20(4)13-6-12-19(3)17-10-8-16(9-11-17)7-5-14-21;/h8-11,15,21H,5-7,12-14H2,1-4H3;. The Bertz CT molecular complexity index is 449. The van der Waals surface area contributed by atoms with Gasteiger partial charge in [0.25, 0.3) is 0 Å². The molecule has 1 radical (unpaired) electrons. The third-order valence-electron chi connectivity index (χ3n) is 3.86. The summed E-state index contributed by atoms with van der Waals surface area (Å²) in [6, 6.07) is 8.48. The molecule has 0 saturated carbocycles. The van der Waals surface area contributed by atoms with Gasteiger partial charge in [0, 0.05) is 64.0 Å². The van der Waals surface area contributed by atoms with Gasteiger partial charge in [-0.3, -0.25) is 4.79 Å². The van der Waals surface area contributed by atoms with E-state index in [0.717, 1.165) is 32.4 Å². The second-order valence-corrected chi connectivity index (χ2v) is 6.18. The van der Waals surface area contributed by atoms with E-state index in [2.05, 4.69) is 36.2 Å². The summed E-state index contributed by atoms with van der Waals surface area (Å²) in [4.78, 5) is 15.8. The van der Waals surface area contributed by atoms with Gasteiger partial charge in [0.2, 0.25) is 5.91 Å². The summed E-state index contributed by atoms with van der Waals surface area (Å²) in [7, 11) is 3.95. The van der Waals surface area contributed by atoms with Gasteiger partial charge in [-0.2, -0.15) is 0 Å². The van der Waals surface area contributed by atoms with Crippen LogP contribution in [0.3, 0.4) is 0 Å². The molecule has 0 aromatic heterocycles. The Morgan fingerprint density at radius 2 is 1.70 bits per heavy atom. The van der Waals surface area contributed by atoms with Crippen molar-refractivity contribution in [1.29, 1.82) is 0 Å². The summed E-state index contributed by atoms with van der Waals surface area (Å²) in [5.74, 6) is 0.269. The van der Waals surface area contributed by atoms with Gasteiger partial charge in [-0.25, -0.2) is 0 Å². The average Bonchev–Trinajstić information content (AvgIpc) is 2.52. The Kier molecular flexibility index (Phi) is 11.1. The van der Waals surface area contributed by atoms with E-state index in [-0.39, 0.29) is 37.0 Å². The maximum atomic E-state index is 11.8. The zero-order valence-corrected chi connectivity index (χ0v) is 16.2. The van der Waals surface area contributed by atoms with E-state index in [1.807, 2.05) is 25.8 Å². The molecule has 0 fully saturated rings. The summed E-state index contributed by atoms with van der Waals surface area (Å²) in [6.45, 7) is 5.82. The van der Waals surface area contributed by atoms with Crippen LogP contribution in [0.25, 0.3) is 0 Å². The summed E-state index contributed by atoms with van der Waals surface area (Å²) in [5, 5.41) is 8.85. The summed E-state index contributed by atoms with van der Waals surface area (Å²) >= 11 is 0. The molecule has 1 aromatic carbocycles. The number of aliphatic hydroxyl groups excluding tert-OH is 1. The molecule has 0 heterocycles. The van der Waals surface area contributed by atoms with Crippen LogP contribution in [0.4, 0.5) is 5.69 Å². The molecule has 0 bridgehead atoms. The predicted molar refractivity (Wildman–Crippen MR) is 92.2 cm³/mol. The number of amides is 1. The first-order chi connectivity index (χ1) is 10.5. The Morgan fingerprint density at radius 3 is 2.22 bits per heavy atom. The van der Waals surface area contributed by atoms with E-state index >= 15 is 0 Å². The van der Waals surface area contributed by atoms with Crippen molar-refractivity contribution in [3.05, 3.63) is 29.8 Å². The van der Waals surface area contributed by atoms with Crippen LogP contribution in [0.5, 0.6) is 0 Å². The second kappa shape index (κ2) is 11.6. The molecular formula is C18H30N2O2V. The van der Waals surface area contributed by atoms with Crippen molar-refractivity contribution in [2.24, 2.45) is 5.92 Å². The van der Waals surface area contributed by atoms with Crippen LogP contribution in [0.2, 0.25) is 0 Å². The quantitative estimate of drug-likeness (QED) is 0.739. The number of carbonyl (C=O) groups is 1. The predicted octanol–water partition coefficient (Wildman–Crippen LogP) is 2.55. The molecule has 1 N–H and O–H groups in total. The first-order valence-electron chi connectivity index (χ1n) is 8.11. The molecule has 0 aliphatic rings. The molecule has 129 valence electrons. The Balaban J connectivity index is 0.00000484. The van der Waals surface area contributed by atoms with E-state index < -0.39 is 0 Å². The van der Waals surface area contributed by atoms with Crippen LogP contribution in [0.15, 0.2) is 24.3 Å². The Hall–Kier alpha value is -0.966. The monoisotopic (exact) mass is 357 g/mol. The zero-order valence-electron chi connectivity index (χ0n) is 14.8. The van der Waals surface area contributed by atoms with E-state index in [1.54, 1.807) is 0 Å². The second-order valence-electron chi connectivity index (χ2n) is 6.18. The number of nitrogens with zero attached hydrogens (tertiary/aromatic N) is 2. The van der Waals surface area contributed by atoms with Crippen LogP contribution in [-0.4, -0.2) is 49.7 Å². The third-order valence-corrected chi connectivity index (χ3v) is 3.86. The van der Waals surface area contributed by atoms with E-state index in [4.69, 9.17) is 5.11 Å². The van der Waals surface area contributed by atoms with E-state index in [9.17, 15) is 4.79 Å². The first-order valence-corrected chi connectivity index (χ1v) is 8.11. The maximum absolute atomic E-state index is 11.8. The van der Waals surface area contributed by atoms with Gasteiger partial charge in [0.05, 0.1) is 0 Å². The van der Waals surface area contributed by atoms with Crippen molar-refractivity contribution >= 4 is 11.6 Å². The average molecular weight is 357 g/mol. The van der Waals surface area contributed by atoms with Crippen molar-refractivity contribution in [2.45, 2.75) is 33.1 Å². The first kappa shape index (κ1) is 22.0. The minimum absolute atomic E-state index is 0. The molecule has 1 rings (SSSR count). The number of carbonyl (C=O) groups excluding carboxylic acids is 1. The van der Waals surface area contributed by atoms with Crippen LogP contribution >= 0.6 is 0 Å². The SMILES string of the molecule is CC(C)C(=O)N(C)CCCN(C)c1ccc(CCCO)cc1.[V]. The number of rotatable bonds is 9. The van der Waals surface area contributed by atoms with Gasteiger partial charge in [0.15, 0.2) is 0 Å². The fraction of sp³-hybridized carbons (Fsp3) is 0.611. The van der Waals surface area contributed by atoms with Crippen molar-refractivity contribution in [3.63, 3.8) is 0 Å². The van der Waals surface area contributed by atoms with Gasteiger partial charge >= 0.3 is 0 Å². The molecule has 0 aliphatic heterocycles. The fourth-order valence-electron chi connectivity index (χ4n) is 2.43. The van der Waals surface area contributed by atoms with Gasteiger partial charge in [-0.05, 0) is 37.0 Å². The summed E-state index contributed by atoms with van der Waals surface area (Å²) in [6.07, 6.45) is 2.69. The molecule has 0 aliphatic carbocycles. The molecule has 0 spiro atoms. The minimum atomic E-state index is 0. The van der Waals surface area contributed by atoms with Crippen molar-refractivity contribution < 1.29 is 28.5 Å². The normalized spacial score (nSPS) is 10.3. The molecule has 0 saturated heterocycles. The number of hydrogen-bond donors (Lipinski definition) is 1. The van der Waals surface area contributed by atoms with Crippen molar-refractivity contribution in [1.82, 2.24) is 4.90 Å². The fourth-order valence-corrected chi connectivity index (χ4v) is 2.43. The topological polar surface area (TPSA) is 43.8 Å². The maximum Gasteiger partial charge on any atom is 0.224 e. The van der Waals surface area contributed by atoms with Gasteiger partial charge in [-0.1, -0.05) is 26.0 Å². The number of aryl methyl sites for hydroxylation is 1. The van der Waals surface area contributed by atoms with Gasteiger partial charge < -0.3 is 14.9 Å². The van der Waals surface area contributed by atoms with Crippen LogP contribution in [0.1, 0.15) is 32.3 Å². The largest absolute Gasteiger partial charge is 0.396 e. The zero-order chi connectivity index (χ0) is 16.5. The molecule has 4 nitrogen and oxygen atoms in total. The smallest absolute Gasteiger partial charge is 0.224 e.